The normalized spacial score (nSPS) is 27.4. The van der Waals surface area contributed by atoms with E-state index in [4.69, 9.17) is 4.98 Å². The summed E-state index contributed by atoms with van der Waals surface area (Å²) in [5, 5.41) is 5.77. The van der Waals surface area contributed by atoms with Gasteiger partial charge in [0.15, 0.2) is 4.96 Å². The monoisotopic (exact) mass is 476 g/mol. The number of hydrogen-bond donors (Lipinski definition) is 1. The van der Waals surface area contributed by atoms with Crippen molar-refractivity contribution in [2.75, 3.05) is 13.1 Å². The first kappa shape index (κ1) is 22.1. The lowest BCUT2D eigenvalue weighted by atomic mass is 9.53. The zero-order valence-electron chi connectivity index (χ0n) is 20.4. The molecule has 4 bridgehead atoms. The van der Waals surface area contributed by atoms with Gasteiger partial charge in [-0.25, -0.2) is 9.78 Å². The van der Waals surface area contributed by atoms with Crippen LogP contribution in [0.4, 0.5) is 4.79 Å². The maximum atomic E-state index is 13.5. The van der Waals surface area contributed by atoms with Gasteiger partial charge < -0.3 is 10.2 Å². The standard InChI is InChI=1S/C28H36N4OS/c1-3-9-31(26(33)30-28-14-20-11-21(15-28)13-22(12-20)16-28)10-8-24-18-34-27-29-25(17-32(24)27)23-6-4-19(2)5-7-23/h4-7,17-18,20-22H,3,8-16H2,1-2H3,(H,30,33). The van der Waals surface area contributed by atoms with Gasteiger partial charge in [-0.15, -0.1) is 11.3 Å². The number of carbonyl (C=O) groups excluding carboxylic acids is 1. The van der Waals surface area contributed by atoms with Crippen molar-refractivity contribution in [1.29, 1.82) is 0 Å². The van der Waals surface area contributed by atoms with Gasteiger partial charge in [-0.2, -0.15) is 0 Å². The highest BCUT2D eigenvalue weighted by Gasteiger charge is 2.51. The molecule has 0 radical (unpaired) electrons. The van der Waals surface area contributed by atoms with Gasteiger partial charge in [-0.3, -0.25) is 4.40 Å². The van der Waals surface area contributed by atoms with Gasteiger partial charge in [0.05, 0.1) is 5.69 Å². The Balaban J connectivity index is 1.14. The first-order valence-corrected chi connectivity index (χ1v) is 14.0. The van der Waals surface area contributed by atoms with Crippen molar-refractivity contribution in [2.45, 2.75) is 70.8 Å². The summed E-state index contributed by atoms with van der Waals surface area (Å²) in [4.78, 5) is 21.4. The molecule has 0 spiro atoms. The van der Waals surface area contributed by atoms with Crippen LogP contribution in [0.15, 0.2) is 35.8 Å². The second kappa shape index (κ2) is 8.71. The molecule has 2 amide bonds. The van der Waals surface area contributed by atoms with E-state index in [1.807, 2.05) is 0 Å². The maximum Gasteiger partial charge on any atom is 0.317 e. The number of nitrogens with one attached hydrogen (secondary N) is 1. The summed E-state index contributed by atoms with van der Waals surface area (Å²) in [6.07, 6.45) is 11.8. The number of thiazole rings is 1. The molecule has 0 aliphatic heterocycles. The van der Waals surface area contributed by atoms with E-state index in [-0.39, 0.29) is 11.6 Å². The summed E-state index contributed by atoms with van der Waals surface area (Å²) in [6, 6.07) is 8.70. The molecule has 4 aliphatic carbocycles. The average molecular weight is 477 g/mol. The molecule has 6 heteroatoms. The van der Waals surface area contributed by atoms with Gasteiger partial charge in [-0.1, -0.05) is 36.8 Å². The lowest BCUT2D eigenvalue weighted by molar-refractivity contribution is -0.0156. The molecule has 0 atom stereocenters. The summed E-state index contributed by atoms with van der Waals surface area (Å²) in [6.45, 7) is 5.83. The predicted molar refractivity (Wildman–Crippen MR) is 138 cm³/mol. The van der Waals surface area contributed by atoms with Crippen molar-refractivity contribution in [3.63, 3.8) is 0 Å². The molecule has 4 fully saturated rings. The highest BCUT2D eigenvalue weighted by molar-refractivity contribution is 7.15. The molecule has 1 aromatic carbocycles. The van der Waals surface area contributed by atoms with Crippen LogP contribution in [0, 0.1) is 24.7 Å². The van der Waals surface area contributed by atoms with E-state index in [1.54, 1.807) is 11.3 Å². The molecule has 1 N–H and O–H groups in total. The Hall–Kier alpha value is -2.34. The van der Waals surface area contributed by atoms with E-state index in [0.29, 0.717) is 0 Å². The number of hydrogen-bond acceptors (Lipinski definition) is 3. The minimum absolute atomic E-state index is 0.0702. The number of aromatic nitrogens is 2. The molecule has 180 valence electrons. The second-order valence-corrected chi connectivity index (χ2v) is 12.1. The number of urea groups is 1. The van der Waals surface area contributed by atoms with Crippen LogP contribution in [0.25, 0.3) is 16.2 Å². The minimum atomic E-state index is 0.0702. The van der Waals surface area contributed by atoms with Crippen LogP contribution in [0.2, 0.25) is 0 Å². The van der Waals surface area contributed by atoms with E-state index in [9.17, 15) is 4.79 Å². The fourth-order valence-corrected chi connectivity index (χ4v) is 8.18. The van der Waals surface area contributed by atoms with Crippen LogP contribution in [-0.4, -0.2) is 38.9 Å². The summed E-state index contributed by atoms with van der Waals surface area (Å²) in [5.74, 6) is 2.53. The number of rotatable bonds is 7. The molecular weight excluding hydrogens is 440 g/mol. The fraction of sp³-hybridized carbons (Fsp3) is 0.571. The quantitative estimate of drug-likeness (QED) is 0.435. The molecular formula is C28H36N4OS. The van der Waals surface area contributed by atoms with Gasteiger partial charge >= 0.3 is 6.03 Å². The largest absolute Gasteiger partial charge is 0.333 e. The Morgan fingerprint density at radius 1 is 1.12 bits per heavy atom. The Morgan fingerprint density at radius 2 is 1.79 bits per heavy atom. The van der Waals surface area contributed by atoms with Crippen LogP contribution in [-0.2, 0) is 6.42 Å². The first-order chi connectivity index (χ1) is 16.5. The Morgan fingerprint density at radius 3 is 2.44 bits per heavy atom. The summed E-state index contributed by atoms with van der Waals surface area (Å²) in [7, 11) is 0. The summed E-state index contributed by atoms with van der Waals surface area (Å²) >= 11 is 1.68. The topological polar surface area (TPSA) is 49.6 Å². The number of nitrogens with zero attached hydrogens (tertiary/aromatic N) is 3. The van der Waals surface area contributed by atoms with Crippen LogP contribution in [0.3, 0.4) is 0 Å². The smallest absolute Gasteiger partial charge is 0.317 e. The molecule has 7 rings (SSSR count). The van der Waals surface area contributed by atoms with Gasteiger partial charge in [0.2, 0.25) is 0 Å². The van der Waals surface area contributed by atoms with Crippen molar-refractivity contribution in [1.82, 2.24) is 19.6 Å². The highest BCUT2D eigenvalue weighted by atomic mass is 32.1. The van der Waals surface area contributed by atoms with Crippen LogP contribution in [0.1, 0.15) is 63.1 Å². The number of imidazole rings is 1. The molecule has 3 aromatic rings. The number of aryl methyl sites for hydroxylation is 1. The van der Waals surface area contributed by atoms with Crippen LogP contribution in [0.5, 0.6) is 0 Å². The third-order valence-electron chi connectivity index (χ3n) is 8.46. The van der Waals surface area contributed by atoms with Crippen molar-refractivity contribution in [2.24, 2.45) is 17.8 Å². The van der Waals surface area contributed by atoms with Crippen molar-refractivity contribution < 1.29 is 4.79 Å². The van der Waals surface area contributed by atoms with E-state index in [2.05, 4.69) is 64.3 Å². The summed E-state index contributed by atoms with van der Waals surface area (Å²) < 4.78 is 2.21. The number of fused-ring (bicyclic) bond motifs is 1. The predicted octanol–water partition coefficient (Wildman–Crippen LogP) is 6.30. The zero-order valence-corrected chi connectivity index (χ0v) is 21.2. The fourth-order valence-electron chi connectivity index (χ4n) is 7.28. The Kier molecular flexibility index (Phi) is 5.67. The molecule has 4 aliphatic rings. The molecule has 0 saturated heterocycles. The number of amides is 2. The van der Waals surface area contributed by atoms with E-state index in [1.165, 1.54) is 49.8 Å². The minimum Gasteiger partial charge on any atom is -0.333 e. The zero-order chi connectivity index (χ0) is 23.3. The molecule has 4 saturated carbocycles. The van der Waals surface area contributed by atoms with Gasteiger partial charge in [-0.05, 0) is 69.6 Å². The van der Waals surface area contributed by atoms with Crippen molar-refractivity contribution >= 4 is 22.3 Å². The van der Waals surface area contributed by atoms with Crippen molar-refractivity contribution in [3.8, 4) is 11.3 Å². The third-order valence-corrected chi connectivity index (χ3v) is 9.35. The average Bonchev–Trinajstić information content (AvgIpc) is 3.37. The lowest BCUT2D eigenvalue weighted by Crippen LogP contribution is -2.62. The first-order valence-electron chi connectivity index (χ1n) is 13.1. The molecule has 34 heavy (non-hydrogen) atoms. The maximum absolute atomic E-state index is 13.5. The Labute approximate surface area is 206 Å². The van der Waals surface area contributed by atoms with E-state index >= 15 is 0 Å². The van der Waals surface area contributed by atoms with Gasteiger partial charge in [0, 0.05) is 47.9 Å². The Bertz CT molecular complexity index is 1140. The molecule has 0 unspecified atom stereocenters. The number of benzene rings is 1. The highest BCUT2D eigenvalue weighted by Crippen LogP contribution is 2.55. The molecule has 2 heterocycles. The van der Waals surface area contributed by atoms with E-state index < -0.39 is 0 Å². The lowest BCUT2D eigenvalue weighted by Gasteiger charge is -2.57. The summed E-state index contributed by atoms with van der Waals surface area (Å²) in [5.41, 5.74) is 4.72. The van der Waals surface area contributed by atoms with Crippen molar-refractivity contribution in [3.05, 3.63) is 47.1 Å². The van der Waals surface area contributed by atoms with Gasteiger partial charge in [0.1, 0.15) is 0 Å². The second-order valence-electron chi connectivity index (χ2n) is 11.2. The SMILES string of the molecule is CCCN(CCc1csc2nc(-c3ccc(C)cc3)cn12)C(=O)NC12CC3CC(CC(C3)C1)C2. The molecule has 2 aromatic heterocycles. The van der Waals surface area contributed by atoms with Crippen LogP contribution >= 0.6 is 11.3 Å². The van der Waals surface area contributed by atoms with Crippen LogP contribution < -0.4 is 5.32 Å². The third kappa shape index (κ3) is 4.15. The number of carbonyl (C=O) groups is 1. The van der Waals surface area contributed by atoms with E-state index in [0.717, 1.165) is 59.9 Å². The van der Waals surface area contributed by atoms with Gasteiger partial charge in [0.25, 0.3) is 0 Å². The molecule has 5 nitrogen and oxygen atoms in total.